The van der Waals surface area contributed by atoms with E-state index in [1.165, 1.54) is 12.1 Å². The lowest BCUT2D eigenvalue weighted by Gasteiger charge is -2.09. The molecule has 0 heterocycles. The van der Waals surface area contributed by atoms with Crippen LogP contribution in [0.2, 0.25) is 0 Å². The fraction of sp³-hybridized carbons (Fsp3) is 0.417. The van der Waals surface area contributed by atoms with E-state index in [0.717, 1.165) is 18.7 Å². The summed E-state index contributed by atoms with van der Waals surface area (Å²) in [5.41, 5.74) is 0.195. The SMILES string of the molecule is CC1CC1C(=O)Nc1ccc(F)c(NS(C)(=O)=O)c1. The minimum Gasteiger partial charge on any atom is -0.326 e. The van der Waals surface area contributed by atoms with Gasteiger partial charge in [-0.05, 0) is 30.5 Å². The number of carbonyl (C=O) groups excluding carboxylic acids is 1. The zero-order chi connectivity index (χ0) is 14.2. The Labute approximate surface area is 111 Å². The molecule has 1 aliphatic rings. The molecule has 0 saturated heterocycles. The smallest absolute Gasteiger partial charge is 0.229 e. The normalized spacial score (nSPS) is 21.8. The lowest BCUT2D eigenvalue weighted by Crippen LogP contribution is -2.15. The highest BCUT2D eigenvalue weighted by Gasteiger charge is 2.39. The molecule has 1 aliphatic carbocycles. The molecule has 2 rings (SSSR count). The van der Waals surface area contributed by atoms with Gasteiger partial charge in [0.15, 0.2) is 0 Å². The highest BCUT2D eigenvalue weighted by molar-refractivity contribution is 7.92. The van der Waals surface area contributed by atoms with Crippen LogP contribution in [0.4, 0.5) is 15.8 Å². The Kier molecular flexibility index (Phi) is 3.49. The molecular formula is C12H15FN2O3S. The fourth-order valence-electron chi connectivity index (χ4n) is 1.80. The largest absolute Gasteiger partial charge is 0.326 e. The Balaban J connectivity index is 2.14. The van der Waals surface area contributed by atoms with Crippen LogP contribution in [0.1, 0.15) is 13.3 Å². The van der Waals surface area contributed by atoms with E-state index in [4.69, 9.17) is 0 Å². The molecule has 1 saturated carbocycles. The Morgan fingerprint density at radius 2 is 2.05 bits per heavy atom. The number of hydrogen-bond acceptors (Lipinski definition) is 3. The summed E-state index contributed by atoms with van der Waals surface area (Å²) in [6.45, 7) is 1.98. The Hall–Kier alpha value is -1.63. The van der Waals surface area contributed by atoms with Crippen molar-refractivity contribution in [2.45, 2.75) is 13.3 Å². The van der Waals surface area contributed by atoms with Crippen molar-refractivity contribution < 1.29 is 17.6 Å². The minimum atomic E-state index is -3.56. The lowest BCUT2D eigenvalue weighted by atomic mass is 10.2. The van der Waals surface area contributed by atoms with Gasteiger partial charge in [-0.25, -0.2) is 12.8 Å². The molecule has 2 N–H and O–H groups in total. The maximum absolute atomic E-state index is 13.4. The van der Waals surface area contributed by atoms with Crippen LogP contribution in [0.5, 0.6) is 0 Å². The van der Waals surface area contributed by atoms with Gasteiger partial charge in [-0.1, -0.05) is 6.92 Å². The highest BCUT2D eigenvalue weighted by Crippen LogP contribution is 2.38. The summed E-state index contributed by atoms with van der Waals surface area (Å²) in [4.78, 5) is 11.7. The van der Waals surface area contributed by atoms with Crippen molar-refractivity contribution in [2.24, 2.45) is 11.8 Å². The first-order chi connectivity index (χ1) is 8.76. The molecule has 19 heavy (non-hydrogen) atoms. The van der Waals surface area contributed by atoms with Crippen molar-refractivity contribution in [3.63, 3.8) is 0 Å². The van der Waals surface area contributed by atoms with Gasteiger partial charge in [0.05, 0.1) is 11.9 Å². The van der Waals surface area contributed by atoms with E-state index in [2.05, 4.69) is 10.0 Å². The number of sulfonamides is 1. The quantitative estimate of drug-likeness (QED) is 0.886. The summed E-state index contributed by atoms with van der Waals surface area (Å²) >= 11 is 0. The third kappa shape index (κ3) is 3.66. The molecule has 5 nitrogen and oxygen atoms in total. The number of hydrogen-bond donors (Lipinski definition) is 2. The summed E-state index contributed by atoms with van der Waals surface area (Å²) in [6.07, 6.45) is 1.78. The number of amides is 1. The fourth-order valence-corrected chi connectivity index (χ4v) is 2.36. The van der Waals surface area contributed by atoms with Gasteiger partial charge in [-0.15, -0.1) is 0 Å². The second kappa shape index (κ2) is 4.80. The van der Waals surface area contributed by atoms with Crippen LogP contribution in [0.15, 0.2) is 18.2 Å². The van der Waals surface area contributed by atoms with Crippen molar-refractivity contribution in [1.29, 1.82) is 0 Å². The first-order valence-corrected chi connectivity index (χ1v) is 7.73. The zero-order valence-electron chi connectivity index (χ0n) is 10.6. The van der Waals surface area contributed by atoms with Crippen LogP contribution in [-0.4, -0.2) is 20.6 Å². The van der Waals surface area contributed by atoms with E-state index in [0.29, 0.717) is 11.6 Å². The Morgan fingerprint density at radius 3 is 2.58 bits per heavy atom. The van der Waals surface area contributed by atoms with Crippen molar-refractivity contribution in [2.75, 3.05) is 16.3 Å². The van der Waals surface area contributed by atoms with Crippen molar-refractivity contribution in [3.8, 4) is 0 Å². The monoisotopic (exact) mass is 286 g/mol. The van der Waals surface area contributed by atoms with Gasteiger partial charge in [0, 0.05) is 11.6 Å². The van der Waals surface area contributed by atoms with Gasteiger partial charge in [-0.3, -0.25) is 9.52 Å². The molecule has 0 spiro atoms. The predicted octanol–water partition coefficient (Wildman–Crippen LogP) is 1.79. The molecule has 1 aromatic rings. The second-order valence-electron chi connectivity index (χ2n) is 4.88. The zero-order valence-corrected chi connectivity index (χ0v) is 11.4. The minimum absolute atomic E-state index is 0.00336. The first-order valence-electron chi connectivity index (χ1n) is 5.84. The van der Waals surface area contributed by atoms with Gasteiger partial charge in [0.1, 0.15) is 5.82 Å². The van der Waals surface area contributed by atoms with Gasteiger partial charge < -0.3 is 5.32 Å². The predicted molar refractivity (Wildman–Crippen MR) is 70.8 cm³/mol. The van der Waals surface area contributed by atoms with Crippen LogP contribution in [-0.2, 0) is 14.8 Å². The van der Waals surface area contributed by atoms with E-state index in [-0.39, 0.29) is 17.5 Å². The van der Waals surface area contributed by atoms with Crippen molar-refractivity contribution in [3.05, 3.63) is 24.0 Å². The van der Waals surface area contributed by atoms with Crippen LogP contribution in [0, 0.1) is 17.7 Å². The number of anilines is 2. The van der Waals surface area contributed by atoms with Crippen LogP contribution < -0.4 is 10.0 Å². The Morgan fingerprint density at radius 1 is 1.42 bits per heavy atom. The third-order valence-corrected chi connectivity index (χ3v) is 3.57. The first kappa shape index (κ1) is 13.8. The molecule has 0 aromatic heterocycles. The number of benzene rings is 1. The van der Waals surface area contributed by atoms with Gasteiger partial charge in [0.2, 0.25) is 15.9 Å². The number of halogens is 1. The number of carbonyl (C=O) groups is 1. The number of nitrogens with one attached hydrogen (secondary N) is 2. The third-order valence-electron chi connectivity index (χ3n) is 2.98. The van der Waals surface area contributed by atoms with Crippen LogP contribution in [0.25, 0.3) is 0 Å². The molecule has 2 unspecified atom stereocenters. The molecular weight excluding hydrogens is 271 g/mol. The molecule has 7 heteroatoms. The Bertz CT molecular complexity index is 615. The van der Waals surface area contributed by atoms with E-state index in [1.807, 2.05) is 6.92 Å². The molecule has 0 radical (unpaired) electrons. The second-order valence-corrected chi connectivity index (χ2v) is 6.63. The highest BCUT2D eigenvalue weighted by atomic mass is 32.2. The van der Waals surface area contributed by atoms with E-state index < -0.39 is 15.8 Å². The van der Waals surface area contributed by atoms with Gasteiger partial charge >= 0.3 is 0 Å². The number of rotatable bonds is 4. The van der Waals surface area contributed by atoms with Crippen molar-refractivity contribution >= 4 is 27.3 Å². The van der Waals surface area contributed by atoms with Crippen molar-refractivity contribution in [1.82, 2.24) is 0 Å². The topological polar surface area (TPSA) is 75.3 Å². The average Bonchev–Trinajstić information content (AvgIpc) is 2.98. The molecule has 1 aromatic carbocycles. The summed E-state index contributed by atoms with van der Waals surface area (Å²) in [6, 6.07) is 3.77. The summed E-state index contributed by atoms with van der Waals surface area (Å²) in [5.74, 6) is -0.446. The lowest BCUT2D eigenvalue weighted by molar-refractivity contribution is -0.117. The summed E-state index contributed by atoms with van der Waals surface area (Å²) < 4.78 is 37.7. The molecule has 1 amide bonds. The molecule has 104 valence electrons. The van der Waals surface area contributed by atoms with E-state index in [1.54, 1.807) is 0 Å². The molecule has 1 fully saturated rings. The molecule has 2 atom stereocenters. The van der Waals surface area contributed by atoms with E-state index in [9.17, 15) is 17.6 Å². The standard InChI is InChI=1S/C12H15FN2O3S/c1-7-5-9(7)12(16)14-8-3-4-10(13)11(6-8)15-19(2,17)18/h3-4,6-7,9,15H,5H2,1-2H3,(H,14,16). The summed E-state index contributed by atoms with van der Waals surface area (Å²) in [5, 5.41) is 2.65. The average molecular weight is 286 g/mol. The molecule has 0 aliphatic heterocycles. The maximum atomic E-state index is 13.4. The van der Waals surface area contributed by atoms with Gasteiger partial charge in [0.25, 0.3) is 0 Å². The van der Waals surface area contributed by atoms with Crippen LogP contribution in [0.3, 0.4) is 0 Å². The van der Waals surface area contributed by atoms with Crippen LogP contribution >= 0.6 is 0 Å². The maximum Gasteiger partial charge on any atom is 0.229 e. The van der Waals surface area contributed by atoms with Gasteiger partial charge in [-0.2, -0.15) is 0 Å². The van der Waals surface area contributed by atoms with E-state index >= 15 is 0 Å². The molecule has 0 bridgehead atoms. The summed E-state index contributed by atoms with van der Waals surface area (Å²) in [7, 11) is -3.56.